The number of ether oxygens (including phenoxy) is 1. The van der Waals surface area contributed by atoms with Crippen LogP contribution in [0.15, 0.2) is 78.9 Å². The molecule has 2 aliphatic carbocycles. The van der Waals surface area contributed by atoms with Crippen LogP contribution in [-0.2, 0) is 19.1 Å². The molecule has 202 valence electrons. The van der Waals surface area contributed by atoms with Gasteiger partial charge in [0, 0.05) is 17.8 Å². The van der Waals surface area contributed by atoms with Crippen molar-refractivity contribution in [2.75, 3.05) is 16.8 Å². The lowest BCUT2D eigenvalue weighted by molar-refractivity contribution is -0.384. The van der Waals surface area contributed by atoms with E-state index in [9.17, 15) is 29.3 Å². The van der Waals surface area contributed by atoms with E-state index in [1.165, 1.54) is 46.9 Å². The Bertz CT molecular complexity index is 1540. The van der Waals surface area contributed by atoms with E-state index in [0.29, 0.717) is 5.69 Å². The summed E-state index contributed by atoms with van der Waals surface area (Å²) < 4.78 is 5.12. The van der Waals surface area contributed by atoms with Crippen LogP contribution in [-0.4, -0.2) is 35.2 Å². The van der Waals surface area contributed by atoms with Crippen LogP contribution in [0.2, 0.25) is 0 Å². The number of nitrogens with zero attached hydrogens (tertiary/aromatic N) is 2. The second-order valence-corrected chi connectivity index (χ2v) is 10.5. The molecule has 3 amide bonds. The van der Waals surface area contributed by atoms with E-state index in [-0.39, 0.29) is 58.3 Å². The summed E-state index contributed by atoms with van der Waals surface area (Å²) in [5.74, 6) is -2.14. The number of amides is 3. The lowest BCUT2D eigenvalue weighted by Crippen LogP contribution is -2.33. The molecule has 1 aliphatic heterocycles. The summed E-state index contributed by atoms with van der Waals surface area (Å²) in [6, 6.07) is 21.6. The number of hydrogen-bond acceptors (Lipinski definition) is 7. The summed E-state index contributed by atoms with van der Waals surface area (Å²) in [6.45, 7) is -0.623. The van der Waals surface area contributed by atoms with Gasteiger partial charge in [0.2, 0.25) is 11.8 Å². The Balaban J connectivity index is 1.13. The molecule has 3 aliphatic rings. The van der Waals surface area contributed by atoms with Gasteiger partial charge in [-0.15, -0.1) is 0 Å². The molecule has 3 aromatic rings. The molecule has 10 nitrogen and oxygen atoms in total. The third-order valence-electron chi connectivity index (χ3n) is 8.26. The van der Waals surface area contributed by atoms with Gasteiger partial charge in [-0.25, -0.2) is 4.79 Å². The molecule has 3 aromatic carbocycles. The fraction of sp³-hybridized carbons (Fsp3) is 0.267. The number of rotatable bonds is 7. The van der Waals surface area contributed by atoms with Crippen molar-refractivity contribution in [2.45, 2.75) is 18.8 Å². The molecule has 0 aromatic heterocycles. The third-order valence-corrected chi connectivity index (χ3v) is 8.26. The van der Waals surface area contributed by atoms with Crippen molar-refractivity contribution in [3.05, 3.63) is 100 Å². The minimum absolute atomic E-state index is 0.0865. The van der Waals surface area contributed by atoms with Crippen molar-refractivity contribution in [1.29, 1.82) is 0 Å². The van der Waals surface area contributed by atoms with E-state index in [0.717, 1.165) is 12.8 Å². The molecule has 0 radical (unpaired) electrons. The van der Waals surface area contributed by atoms with E-state index < -0.39 is 23.4 Å². The molecule has 1 N–H and O–H groups in total. The average molecular weight is 540 g/mol. The smallest absolute Gasteiger partial charge is 0.338 e. The summed E-state index contributed by atoms with van der Waals surface area (Å²) in [7, 11) is 0. The van der Waals surface area contributed by atoms with Crippen molar-refractivity contribution < 1.29 is 28.8 Å². The number of nitrogens with one attached hydrogen (secondary N) is 1. The maximum absolute atomic E-state index is 13.6. The molecule has 0 unspecified atom stereocenters. The first-order valence-corrected chi connectivity index (χ1v) is 13.1. The van der Waals surface area contributed by atoms with E-state index in [4.69, 9.17) is 4.74 Å². The standard InChI is InChI=1S/C30H25N3O7/c34-25(31-20-9-5-11-22(15-20)33(38)39)16-40-30(37)18-8-4-10-21(12-18)32-28(35)26-19-13-23(17-6-2-1-3-7-17)24(14-19)27(26)29(32)36/h1-12,15,19,23-24,26-27H,13-14,16H2,(H,31,34)/t19-,23+,24+,26+,27+/m0/s1. The van der Waals surface area contributed by atoms with Crippen LogP contribution in [0.5, 0.6) is 0 Å². The van der Waals surface area contributed by atoms with Crippen molar-refractivity contribution in [3.63, 3.8) is 0 Å². The van der Waals surface area contributed by atoms with Gasteiger partial charge in [0.1, 0.15) is 0 Å². The number of nitro groups is 1. The van der Waals surface area contributed by atoms with Crippen LogP contribution < -0.4 is 10.2 Å². The topological polar surface area (TPSA) is 136 Å². The average Bonchev–Trinajstić information content (AvgIpc) is 3.63. The summed E-state index contributed by atoms with van der Waals surface area (Å²) in [6.07, 6.45) is 1.75. The van der Waals surface area contributed by atoms with Crippen LogP contribution in [0.25, 0.3) is 0 Å². The zero-order valence-electron chi connectivity index (χ0n) is 21.3. The van der Waals surface area contributed by atoms with Crippen LogP contribution in [0.3, 0.4) is 0 Å². The molecule has 2 saturated carbocycles. The fourth-order valence-electron chi connectivity index (χ4n) is 6.68. The zero-order valence-corrected chi connectivity index (χ0v) is 21.3. The number of hydrogen-bond donors (Lipinski definition) is 1. The molecule has 5 atom stereocenters. The van der Waals surface area contributed by atoms with E-state index in [2.05, 4.69) is 17.4 Å². The first kappa shape index (κ1) is 25.4. The quantitative estimate of drug-likeness (QED) is 0.204. The highest BCUT2D eigenvalue weighted by atomic mass is 16.6. The largest absolute Gasteiger partial charge is 0.452 e. The van der Waals surface area contributed by atoms with Crippen LogP contribution in [0.1, 0.15) is 34.7 Å². The van der Waals surface area contributed by atoms with Gasteiger partial charge < -0.3 is 10.1 Å². The highest BCUT2D eigenvalue weighted by Crippen LogP contribution is 2.61. The van der Waals surface area contributed by atoms with Gasteiger partial charge in [0.25, 0.3) is 11.6 Å². The second-order valence-electron chi connectivity index (χ2n) is 10.5. The Morgan fingerprint density at radius 3 is 2.45 bits per heavy atom. The number of imide groups is 1. The van der Waals surface area contributed by atoms with Gasteiger partial charge in [-0.1, -0.05) is 42.5 Å². The second kappa shape index (κ2) is 10.0. The van der Waals surface area contributed by atoms with Crippen LogP contribution in [0, 0.1) is 33.8 Å². The molecule has 10 heteroatoms. The van der Waals surface area contributed by atoms with Crippen molar-refractivity contribution >= 4 is 40.8 Å². The first-order chi connectivity index (χ1) is 19.3. The van der Waals surface area contributed by atoms with E-state index in [1.54, 1.807) is 12.1 Å². The third kappa shape index (κ3) is 4.41. The molecule has 2 bridgehead atoms. The molecule has 3 fully saturated rings. The minimum atomic E-state index is -0.806. The number of carbonyl (C=O) groups excluding carboxylic acids is 4. The highest BCUT2D eigenvalue weighted by Gasteiger charge is 2.64. The lowest BCUT2D eigenvalue weighted by atomic mass is 9.73. The molecule has 1 heterocycles. The van der Waals surface area contributed by atoms with Gasteiger partial charge >= 0.3 is 5.97 Å². The SMILES string of the molecule is O=C(COC(=O)c1cccc(N2C(=O)[C@@H]3[C@@H]4C[C@@H]([C@H]3C2=O)[C@@H](c2ccccc2)C4)c1)Nc1cccc([N+](=O)[O-])c1. The molecule has 6 rings (SSSR count). The number of anilines is 2. The molecule has 1 saturated heterocycles. The van der Waals surface area contributed by atoms with Crippen molar-refractivity contribution in [3.8, 4) is 0 Å². The number of non-ortho nitro benzene ring substituents is 1. The van der Waals surface area contributed by atoms with Crippen molar-refractivity contribution in [1.82, 2.24) is 0 Å². The summed E-state index contributed by atoms with van der Waals surface area (Å²) in [4.78, 5) is 63.5. The predicted octanol–water partition coefficient (Wildman–Crippen LogP) is 4.32. The maximum Gasteiger partial charge on any atom is 0.338 e. The highest BCUT2D eigenvalue weighted by molar-refractivity contribution is 6.23. The minimum Gasteiger partial charge on any atom is -0.452 e. The number of carbonyl (C=O) groups is 4. The zero-order chi connectivity index (χ0) is 28.0. The van der Waals surface area contributed by atoms with Gasteiger partial charge in [0.15, 0.2) is 6.61 Å². The summed E-state index contributed by atoms with van der Waals surface area (Å²) in [5, 5.41) is 13.4. The fourth-order valence-corrected chi connectivity index (χ4v) is 6.68. The maximum atomic E-state index is 13.6. The van der Waals surface area contributed by atoms with Crippen molar-refractivity contribution in [2.24, 2.45) is 23.7 Å². The normalized spacial score (nSPS) is 24.6. The van der Waals surface area contributed by atoms with E-state index in [1.807, 2.05) is 18.2 Å². The lowest BCUT2D eigenvalue weighted by Gasteiger charge is -2.28. The Labute approximate surface area is 229 Å². The number of esters is 1. The Morgan fingerprint density at radius 2 is 1.68 bits per heavy atom. The molecular weight excluding hydrogens is 514 g/mol. The summed E-state index contributed by atoms with van der Waals surface area (Å²) in [5.41, 5.74) is 1.59. The monoisotopic (exact) mass is 539 g/mol. The van der Waals surface area contributed by atoms with Gasteiger partial charge in [-0.05, 0) is 60.4 Å². The molecular formula is C30H25N3O7. The van der Waals surface area contributed by atoms with Crippen LogP contribution in [0.4, 0.5) is 17.1 Å². The van der Waals surface area contributed by atoms with Gasteiger partial charge in [-0.3, -0.25) is 29.4 Å². The Morgan fingerprint density at radius 1 is 0.925 bits per heavy atom. The summed E-state index contributed by atoms with van der Waals surface area (Å²) >= 11 is 0. The van der Waals surface area contributed by atoms with Crippen LogP contribution >= 0.6 is 0 Å². The first-order valence-electron chi connectivity index (χ1n) is 13.1. The predicted molar refractivity (Wildman–Crippen MR) is 143 cm³/mol. The Hall–Kier alpha value is -4.86. The van der Waals surface area contributed by atoms with E-state index >= 15 is 0 Å². The molecule has 0 spiro atoms. The Kier molecular flexibility index (Phi) is 6.37. The van der Waals surface area contributed by atoms with Gasteiger partial charge in [0.05, 0.1) is 28.0 Å². The van der Waals surface area contributed by atoms with Gasteiger partial charge in [-0.2, -0.15) is 0 Å². The number of benzene rings is 3. The number of nitro benzene ring substituents is 1. The molecule has 40 heavy (non-hydrogen) atoms. The number of fused-ring (bicyclic) bond motifs is 5.